The second-order valence-corrected chi connectivity index (χ2v) is 7.79. The summed E-state index contributed by atoms with van der Waals surface area (Å²) in [5.74, 6) is -0.00731. The monoisotopic (exact) mass is 453 g/mol. The molecule has 0 aliphatic carbocycles. The van der Waals surface area contributed by atoms with Gasteiger partial charge < -0.3 is 10.0 Å². The number of hydrogen-bond donors (Lipinski definition) is 1. The van der Waals surface area contributed by atoms with Crippen LogP contribution in [-0.2, 0) is 5.60 Å². The summed E-state index contributed by atoms with van der Waals surface area (Å²) >= 11 is 1.50. The molecule has 2 aromatic rings. The van der Waals surface area contributed by atoms with E-state index < -0.39 is 23.5 Å². The number of nitrogens with zero attached hydrogens (tertiary/aromatic N) is 5. The average molecular weight is 453 g/mol. The van der Waals surface area contributed by atoms with Crippen molar-refractivity contribution in [2.45, 2.75) is 29.8 Å². The zero-order chi connectivity index (χ0) is 22.2. The summed E-state index contributed by atoms with van der Waals surface area (Å²) in [6, 6.07) is 3.82. The predicted molar refractivity (Wildman–Crippen MR) is 96.7 cm³/mol. The van der Waals surface area contributed by atoms with Crippen LogP contribution in [0.4, 0.5) is 32.3 Å². The van der Waals surface area contributed by atoms with Gasteiger partial charge in [0.25, 0.3) is 5.60 Å². The predicted octanol–water partition coefficient (Wildman–Crippen LogP) is 3.32. The number of piperazine rings is 1. The van der Waals surface area contributed by atoms with Gasteiger partial charge in [-0.05, 0) is 31.0 Å². The summed E-state index contributed by atoms with van der Waals surface area (Å²) in [6.45, 7) is 3.86. The van der Waals surface area contributed by atoms with Crippen LogP contribution in [0, 0.1) is 6.92 Å². The molecule has 3 heterocycles. The summed E-state index contributed by atoms with van der Waals surface area (Å²) in [5.41, 5.74) is -5.62. The molecule has 1 saturated heterocycles. The Balaban J connectivity index is 1.67. The highest BCUT2D eigenvalue weighted by molar-refractivity contribution is 7.97. The minimum absolute atomic E-state index is 0.00731. The molecule has 2 aromatic heterocycles. The first-order valence-corrected chi connectivity index (χ1v) is 9.48. The van der Waals surface area contributed by atoms with Gasteiger partial charge in [0.05, 0.1) is 0 Å². The van der Waals surface area contributed by atoms with Crippen LogP contribution in [-0.4, -0.2) is 62.9 Å². The number of aryl methyl sites for hydroxylation is 1. The zero-order valence-electron chi connectivity index (χ0n) is 15.6. The van der Waals surface area contributed by atoms with Crippen molar-refractivity contribution in [2.75, 3.05) is 31.1 Å². The Labute approximate surface area is 172 Å². The van der Waals surface area contributed by atoms with Crippen LogP contribution in [0.2, 0.25) is 0 Å². The Kier molecular flexibility index (Phi) is 6.16. The number of aliphatic hydroxyl groups is 1. The molecular formula is C17H17F6N5OS. The third kappa shape index (κ3) is 4.47. The van der Waals surface area contributed by atoms with E-state index in [4.69, 9.17) is 0 Å². The number of aromatic nitrogens is 3. The van der Waals surface area contributed by atoms with E-state index in [1.807, 2.05) is 19.1 Å². The summed E-state index contributed by atoms with van der Waals surface area (Å²) < 4.78 is 79.7. The van der Waals surface area contributed by atoms with Crippen molar-refractivity contribution in [1.29, 1.82) is 0 Å². The molecule has 1 N–H and O–H groups in total. The zero-order valence-corrected chi connectivity index (χ0v) is 16.4. The van der Waals surface area contributed by atoms with Crippen LogP contribution >= 0.6 is 11.9 Å². The van der Waals surface area contributed by atoms with Gasteiger partial charge in [0.2, 0.25) is 5.95 Å². The summed E-state index contributed by atoms with van der Waals surface area (Å²) in [4.78, 5) is 14.1. The van der Waals surface area contributed by atoms with Gasteiger partial charge in [-0.3, -0.25) is 4.98 Å². The van der Waals surface area contributed by atoms with Crippen molar-refractivity contribution >= 4 is 17.9 Å². The number of alkyl halides is 6. The van der Waals surface area contributed by atoms with E-state index in [9.17, 15) is 31.4 Å². The van der Waals surface area contributed by atoms with E-state index in [0.717, 1.165) is 10.6 Å². The Hall–Kier alpha value is -2.12. The first-order valence-electron chi connectivity index (χ1n) is 8.70. The maximum absolute atomic E-state index is 12.9. The van der Waals surface area contributed by atoms with E-state index >= 15 is 0 Å². The van der Waals surface area contributed by atoms with E-state index in [-0.39, 0.29) is 5.95 Å². The number of pyridine rings is 1. The van der Waals surface area contributed by atoms with Crippen molar-refractivity contribution in [1.82, 2.24) is 19.3 Å². The molecule has 1 fully saturated rings. The quantitative estimate of drug-likeness (QED) is 0.563. The van der Waals surface area contributed by atoms with Gasteiger partial charge in [-0.15, -0.1) is 0 Å². The molecule has 0 bridgehead atoms. The fraction of sp³-hybridized carbons (Fsp3) is 0.471. The fourth-order valence-corrected chi connectivity index (χ4v) is 3.67. The standard InChI is InChI=1S/C17H17F6N5OS/c1-11-2-3-13(10-24-11)30-28-6-4-27(5-7-28)14-25-8-12(9-26-14)15(29,16(18,19)20)17(21,22)23/h2-3,8-10,29H,4-7H2,1H3. The molecule has 0 spiro atoms. The molecule has 6 nitrogen and oxygen atoms in total. The number of halogens is 6. The lowest BCUT2D eigenvalue weighted by Gasteiger charge is -2.34. The van der Waals surface area contributed by atoms with E-state index in [1.165, 1.54) is 11.9 Å². The molecule has 30 heavy (non-hydrogen) atoms. The molecule has 0 saturated carbocycles. The second kappa shape index (κ2) is 8.19. The van der Waals surface area contributed by atoms with Crippen LogP contribution < -0.4 is 4.90 Å². The minimum atomic E-state index is -5.97. The maximum atomic E-state index is 12.9. The van der Waals surface area contributed by atoms with Crippen LogP contribution in [0.1, 0.15) is 11.3 Å². The Morgan fingerprint density at radius 2 is 1.43 bits per heavy atom. The van der Waals surface area contributed by atoms with E-state index in [2.05, 4.69) is 19.3 Å². The molecule has 0 amide bonds. The maximum Gasteiger partial charge on any atom is 0.430 e. The van der Waals surface area contributed by atoms with Gasteiger partial charge in [-0.25, -0.2) is 14.3 Å². The molecule has 3 rings (SSSR count). The van der Waals surface area contributed by atoms with Crippen LogP contribution in [0.15, 0.2) is 35.6 Å². The molecule has 0 unspecified atom stereocenters. The summed E-state index contributed by atoms with van der Waals surface area (Å²) in [5, 5.41) is 9.39. The van der Waals surface area contributed by atoms with Gasteiger partial charge in [0.1, 0.15) is 0 Å². The molecule has 13 heteroatoms. The SMILES string of the molecule is Cc1ccc(SN2CCN(c3ncc(C(O)(C(F)(F)F)C(F)(F)F)cn3)CC2)cn1. The number of hydrogen-bond acceptors (Lipinski definition) is 7. The molecule has 1 aliphatic rings. The third-order valence-electron chi connectivity index (χ3n) is 4.52. The molecule has 0 aromatic carbocycles. The second-order valence-electron chi connectivity index (χ2n) is 6.62. The van der Waals surface area contributed by atoms with Crippen molar-refractivity contribution in [3.63, 3.8) is 0 Å². The summed E-state index contributed by atoms with van der Waals surface area (Å²) in [7, 11) is 0. The number of anilines is 1. The van der Waals surface area contributed by atoms with E-state index in [0.29, 0.717) is 38.6 Å². The van der Waals surface area contributed by atoms with Gasteiger partial charge in [0.15, 0.2) is 0 Å². The topological polar surface area (TPSA) is 65.4 Å². The van der Waals surface area contributed by atoms with Crippen molar-refractivity contribution in [3.05, 3.63) is 42.0 Å². The smallest absolute Gasteiger partial charge is 0.369 e. The van der Waals surface area contributed by atoms with Crippen molar-refractivity contribution in [3.8, 4) is 0 Å². The Morgan fingerprint density at radius 3 is 1.90 bits per heavy atom. The summed E-state index contributed by atoms with van der Waals surface area (Å²) in [6.07, 6.45) is -9.46. The average Bonchev–Trinajstić information content (AvgIpc) is 2.68. The van der Waals surface area contributed by atoms with Gasteiger partial charge >= 0.3 is 12.4 Å². The molecule has 1 aliphatic heterocycles. The van der Waals surface area contributed by atoms with E-state index in [1.54, 1.807) is 11.1 Å². The highest BCUT2D eigenvalue weighted by Gasteiger charge is 2.71. The number of rotatable bonds is 4. The third-order valence-corrected chi connectivity index (χ3v) is 5.59. The van der Waals surface area contributed by atoms with Crippen LogP contribution in [0.3, 0.4) is 0 Å². The van der Waals surface area contributed by atoms with Crippen molar-refractivity contribution in [2.24, 2.45) is 0 Å². The lowest BCUT2D eigenvalue weighted by Crippen LogP contribution is -2.54. The lowest BCUT2D eigenvalue weighted by atomic mass is 9.95. The van der Waals surface area contributed by atoms with Crippen LogP contribution in [0.5, 0.6) is 0 Å². The lowest BCUT2D eigenvalue weighted by molar-refractivity contribution is -0.376. The Morgan fingerprint density at radius 1 is 0.867 bits per heavy atom. The molecule has 0 radical (unpaired) electrons. The minimum Gasteiger partial charge on any atom is -0.369 e. The Bertz CT molecular complexity index is 837. The first-order chi connectivity index (χ1) is 13.9. The molecule has 164 valence electrons. The van der Waals surface area contributed by atoms with Gasteiger partial charge in [0, 0.05) is 60.9 Å². The van der Waals surface area contributed by atoms with Gasteiger partial charge in [-0.2, -0.15) is 26.3 Å². The fourth-order valence-electron chi connectivity index (χ4n) is 2.80. The largest absolute Gasteiger partial charge is 0.430 e. The first kappa shape index (κ1) is 22.6. The highest BCUT2D eigenvalue weighted by Crippen LogP contribution is 2.49. The molecular weight excluding hydrogens is 436 g/mol. The highest BCUT2D eigenvalue weighted by atomic mass is 32.2. The molecule has 0 atom stereocenters. The van der Waals surface area contributed by atoms with Gasteiger partial charge in [-0.1, -0.05) is 0 Å². The van der Waals surface area contributed by atoms with Crippen LogP contribution in [0.25, 0.3) is 0 Å². The normalized spacial score (nSPS) is 16.7. The van der Waals surface area contributed by atoms with Crippen molar-refractivity contribution < 1.29 is 31.4 Å².